The lowest BCUT2D eigenvalue weighted by molar-refractivity contribution is -0.119. The fraction of sp³-hybridized carbons (Fsp3) is 0.200. The monoisotopic (exact) mass is 414 g/mol. The molecule has 9 heteroatoms. The molecule has 0 saturated heterocycles. The van der Waals surface area contributed by atoms with E-state index in [1.165, 1.54) is 23.9 Å². The Labute approximate surface area is 169 Å². The Hall–Kier alpha value is -3.33. The molecule has 3 rings (SSSR count). The van der Waals surface area contributed by atoms with E-state index in [0.717, 1.165) is 4.31 Å². The van der Waals surface area contributed by atoms with Gasteiger partial charge in [-0.2, -0.15) is 0 Å². The number of hydrogen-bond donors (Lipinski definition) is 1. The van der Waals surface area contributed by atoms with Gasteiger partial charge in [-0.1, -0.05) is 36.4 Å². The average molecular weight is 414 g/mol. The summed E-state index contributed by atoms with van der Waals surface area (Å²) in [4.78, 5) is 25.4. The Morgan fingerprint density at radius 1 is 1.03 bits per heavy atom. The molecule has 0 saturated carbocycles. The van der Waals surface area contributed by atoms with Crippen molar-refractivity contribution in [3.05, 3.63) is 76.7 Å². The van der Waals surface area contributed by atoms with Crippen LogP contribution in [-0.2, 0) is 21.9 Å². The van der Waals surface area contributed by atoms with Gasteiger partial charge < -0.3 is 5.32 Å². The molecule has 0 bridgehead atoms. The van der Waals surface area contributed by atoms with Crippen molar-refractivity contribution in [1.29, 1.82) is 0 Å². The summed E-state index contributed by atoms with van der Waals surface area (Å²) >= 11 is 0. The standard InChI is InChI=1S/C20H22N4O4S/c1-15-19(20(26)24(22(15)3)16-10-6-4-7-11-16)23(14-18(25)21-2)29(27,28)17-12-8-5-9-13-17/h4-13H,14H2,1-3H3,(H,21,25). The molecule has 0 spiro atoms. The molecule has 0 aliphatic heterocycles. The van der Waals surface area contributed by atoms with Crippen LogP contribution in [0.2, 0.25) is 0 Å². The summed E-state index contributed by atoms with van der Waals surface area (Å²) in [6.45, 7) is 1.14. The molecule has 1 amide bonds. The third-order valence-corrected chi connectivity index (χ3v) is 6.43. The van der Waals surface area contributed by atoms with Gasteiger partial charge >= 0.3 is 0 Å². The van der Waals surface area contributed by atoms with Gasteiger partial charge in [0.15, 0.2) is 0 Å². The Kier molecular flexibility index (Phi) is 5.60. The number of para-hydroxylation sites is 1. The van der Waals surface area contributed by atoms with E-state index in [1.54, 1.807) is 61.1 Å². The molecular weight excluding hydrogens is 392 g/mol. The summed E-state index contributed by atoms with van der Waals surface area (Å²) in [6, 6.07) is 16.6. The number of benzene rings is 2. The molecule has 1 heterocycles. The molecule has 0 aliphatic carbocycles. The maximum absolute atomic E-state index is 13.3. The van der Waals surface area contributed by atoms with Gasteiger partial charge in [-0.25, -0.2) is 17.4 Å². The van der Waals surface area contributed by atoms with Crippen LogP contribution < -0.4 is 15.2 Å². The smallest absolute Gasteiger partial charge is 0.296 e. The van der Waals surface area contributed by atoms with E-state index in [0.29, 0.717) is 11.4 Å². The summed E-state index contributed by atoms with van der Waals surface area (Å²) in [5.41, 5.74) is 0.414. The van der Waals surface area contributed by atoms with Gasteiger partial charge in [0, 0.05) is 14.1 Å². The number of nitrogens with zero attached hydrogens (tertiary/aromatic N) is 3. The molecule has 3 aromatic rings. The fourth-order valence-corrected chi connectivity index (χ4v) is 4.55. The zero-order valence-corrected chi connectivity index (χ0v) is 17.2. The molecule has 0 atom stereocenters. The third kappa shape index (κ3) is 3.68. The first-order valence-corrected chi connectivity index (χ1v) is 10.4. The van der Waals surface area contributed by atoms with E-state index in [-0.39, 0.29) is 10.6 Å². The first kappa shape index (κ1) is 20.4. The quantitative estimate of drug-likeness (QED) is 0.660. The minimum Gasteiger partial charge on any atom is -0.358 e. The molecule has 8 nitrogen and oxygen atoms in total. The van der Waals surface area contributed by atoms with Crippen molar-refractivity contribution in [2.75, 3.05) is 17.9 Å². The predicted octanol–water partition coefficient (Wildman–Crippen LogP) is 1.43. The highest BCUT2D eigenvalue weighted by molar-refractivity contribution is 7.92. The highest BCUT2D eigenvalue weighted by Gasteiger charge is 2.32. The van der Waals surface area contributed by atoms with Crippen molar-refractivity contribution in [3.63, 3.8) is 0 Å². The van der Waals surface area contributed by atoms with Gasteiger partial charge in [0.2, 0.25) is 5.91 Å². The van der Waals surface area contributed by atoms with Crippen LogP contribution >= 0.6 is 0 Å². The molecule has 152 valence electrons. The fourth-order valence-electron chi connectivity index (χ4n) is 3.05. The van der Waals surface area contributed by atoms with Crippen LogP contribution in [0.25, 0.3) is 5.69 Å². The summed E-state index contributed by atoms with van der Waals surface area (Å²) < 4.78 is 30.5. The van der Waals surface area contributed by atoms with E-state index in [2.05, 4.69) is 5.32 Å². The van der Waals surface area contributed by atoms with Crippen LogP contribution in [0.3, 0.4) is 0 Å². The largest absolute Gasteiger partial charge is 0.358 e. The second kappa shape index (κ2) is 7.96. The van der Waals surface area contributed by atoms with Gasteiger partial charge in [0.05, 0.1) is 16.3 Å². The number of nitrogens with one attached hydrogen (secondary N) is 1. The van der Waals surface area contributed by atoms with Crippen LogP contribution in [0.4, 0.5) is 5.69 Å². The Balaban J connectivity index is 2.25. The number of carbonyl (C=O) groups excluding carboxylic acids is 1. The molecule has 0 unspecified atom stereocenters. The highest BCUT2D eigenvalue weighted by atomic mass is 32.2. The van der Waals surface area contributed by atoms with Gasteiger partial charge in [0.25, 0.3) is 15.6 Å². The van der Waals surface area contributed by atoms with Gasteiger partial charge in [0.1, 0.15) is 12.2 Å². The Morgan fingerprint density at radius 3 is 2.14 bits per heavy atom. The van der Waals surface area contributed by atoms with Crippen LogP contribution in [0.5, 0.6) is 0 Å². The number of carbonyl (C=O) groups is 1. The molecule has 0 radical (unpaired) electrons. The Bertz CT molecular complexity index is 1180. The lowest BCUT2D eigenvalue weighted by Crippen LogP contribution is -2.42. The maximum atomic E-state index is 13.3. The van der Waals surface area contributed by atoms with E-state index >= 15 is 0 Å². The van der Waals surface area contributed by atoms with Gasteiger partial charge in [-0.3, -0.25) is 14.3 Å². The number of likely N-dealkylation sites (N-methyl/N-ethyl adjacent to an activating group) is 1. The van der Waals surface area contributed by atoms with E-state index in [4.69, 9.17) is 0 Å². The zero-order valence-electron chi connectivity index (χ0n) is 16.4. The summed E-state index contributed by atoms with van der Waals surface area (Å²) in [5.74, 6) is -0.529. The summed E-state index contributed by atoms with van der Waals surface area (Å²) in [6.07, 6.45) is 0. The lowest BCUT2D eigenvalue weighted by Gasteiger charge is -2.22. The SMILES string of the molecule is CNC(=O)CN(c1c(C)n(C)n(-c2ccccc2)c1=O)S(=O)(=O)c1ccccc1. The first-order chi connectivity index (χ1) is 13.8. The number of hydrogen-bond acceptors (Lipinski definition) is 4. The molecule has 1 N–H and O–H groups in total. The second-order valence-corrected chi connectivity index (χ2v) is 8.27. The first-order valence-electron chi connectivity index (χ1n) is 8.91. The van der Waals surface area contributed by atoms with E-state index < -0.39 is 28.0 Å². The van der Waals surface area contributed by atoms with Crippen LogP contribution in [0.15, 0.2) is 70.4 Å². The van der Waals surface area contributed by atoms with Crippen molar-refractivity contribution in [3.8, 4) is 5.69 Å². The Morgan fingerprint density at radius 2 is 1.59 bits per heavy atom. The molecule has 2 aromatic carbocycles. The zero-order chi connectivity index (χ0) is 21.2. The number of amides is 1. The minimum absolute atomic E-state index is 0.00202. The number of aromatic nitrogens is 2. The maximum Gasteiger partial charge on any atom is 0.296 e. The minimum atomic E-state index is -4.14. The normalized spacial score (nSPS) is 11.3. The van der Waals surface area contributed by atoms with Crippen molar-refractivity contribution in [2.24, 2.45) is 7.05 Å². The van der Waals surface area contributed by atoms with Gasteiger partial charge in [-0.15, -0.1) is 0 Å². The number of rotatable bonds is 6. The lowest BCUT2D eigenvalue weighted by atomic mass is 10.3. The van der Waals surface area contributed by atoms with Crippen LogP contribution in [-0.4, -0.2) is 37.3 Å². The number of anilines is 1. The van der Waals surface area contributed by atoms with Crippen molar-refractivity contribution >= 4 is 21.6 Å². The van der Waals surface area contributed by atoms with E-state index in [1.807, 2.05) is 6.07 Å². The predicted molar refractivity (Wildman–Crippen MR) is 111 cm³/mol. The molecule has 1 aromatic heterocycles. The average Bonchev–Trinajstić information content (AvgIpc) is 2.95. The molecular formula is C20H22N4O4S. The molecule has 0 aliphatic rings. The van der Waals surface area contributed by atoms with Crippen molar-refractivity contribution in [2.45, 2.75) is 11.8 Å². The van der Waals surface area contributed by atoms with Crippen LogP contribution in [0.1, 0.15) is 5.69 Å². The molecule has 29 heavy (non-hydrogen) atoms. The molecule has 0 fully saturated rings. The topological polar surface area (TPSA) is 93.4 Å². The second-order valence-electron chi connectivity index (χ2n) is 6.41. The number of sulfonamides is 1. The van der Waals surface area contributed by atoms with Crippen LogP contribution in [0, 0.1) is 6.92 Å². The highest BCUT2D eigenvalue weighted by Crippen LogP contribution is 2.25. The summed E-state index contributed by atoms with van der Waals surface area (Å²) in [7, 11) is -1.06. The van der Waals surface area contributed by atoms with Crippen molar-refractivity contribution < 1.29 is 13.2 Å². The van der Waals surface area contributed by atoms with Crippen molar-refractivity contribution in [1.82, 2.24) is 14.7 Å². The summed E-state index contributed by atoms with van der Waals surface area (Å²) in [5, 5.41) is 2.42. The van der Waals surface area contributed by atoms with Gasteiger partial charge in [-0.05, 0) is 31.2 Å². The third-order valence-electron chi connectivity index (χ3n) is 4.67. The van der Waals surface area contributed by atoms with E-state index in [9.17, 15) is 18.0 Å².